The zero-order valence-corrected chi connectivity index (χ0v) is 16.2. The van der Waals surface area contributed by atoms with Gasteiger partial charge in [-0.15, -0.1) is 0 Å². The van der Waals surface area contributed by atoms with Gasteiger partial charge in [-0.05, 0) is 54.6 Å². The van der Waals surface area contributed by atoms with Gasteiger partial charge in [-0.1, -0.05) is 6.07 Å². The number of fused-ring (bicyclic) bond motifs is 1. The first-order chi connectivity index (χ1) is 13.8. The van der Waals surface area contributed by atoms with Crippen LogP contribution in [0, 0.1) is 11.8 Å². The smallest absolute Gasteiger partial charge is 0.446 e. The van der Waals surface area contributed by atoms with Crippen molar-refractivity contribution in [2.75, 3.05) is 23.7 Å². The minimum atomic E-state index is -4.35. The summed E-state index contributed by atoms with van der Waals surface area (Å²) in [6, 6.07) is 7.62. The Morgan fingerprint density at radius 3 is 2.62 bits per heavy atom. The lowest BCUT2D eigenvalue weighted by molar-refractivity contribution is -0.0329. The number of hydrogen-bond donors (Lipinski definition) is 2. The topological polar surface area (TPSA) is 84.5 Å². The number of hydrogen-bond acceptors (Lipinski definition) is 7. The van der Waals surface area contributed by atoms with E-state index in [1.165, 1.54) is 24.5 Å². The normalized spacial score (nSPS) is 27.0. The SMILES string of the molecule is Nc1cc(N2C[C@H]3C[C@@H](Oc4cccc(SC(F)(F)F)c4)[C@H](O)C[C@H]3C2)ncn1. The Morgan fingerprint density at radius 2 is 1.90 bits per heavy atom. The Hall–Kier alpha value is -2.20. The maximum absolute atomic E-state index is 12.6. The maximum Gasteiger partial charge on any atom is 0.446 e. The number of thioether (sulfide) groups is 1. The van der Waals surface area contributed by atoms with Crippen LogP contribution in [0.15, 0.2) is 41.6 Å². The van der Waals surface area contributed by atoms with Crippen molar-refractivity contribution >= 4 is 23.4 Å². The fourth-order valence-electron chi connectivity index (χ4n) is 4.16. The number of anilines is 2. The molecule has 0 bridgehead atoms. The van der Waals surface area contributed by atoms with Crippen molar-refractivity contribution in [2.45, 2.75) is 35.5 Å². The summed E-state index contributed by atoms with van der Waals surface area (Å²) in [5.41, 5.74) is 1.39. The Bertz CT molecular complexity index is 869. The largest absolute Gasteiger partial charge is 0.488 e. The predicted octanol–water partition coefficient (Wildman–Crippen LogP) is 3.33. The molecule has 4 atom stereocenters. The molecule has 1 aliphatic carbocycles. The summed E-state index contributed by atoms with van der Waals surface area (Å²) in [7, 11) is 0. The fraction of sp³-hybridized carbons (Fsp3) is 0.474. The number of aliphatic hydroxyl groups is 1. The average Bonchev–Trinajstić information content (AvgIpc) is 3.04. The van der Waals surface area contributed by atoms with Crippen LogP contribution >= 0.6 is 11.8 Å². The van der Waals surface area contributed by atoms with Gasteiger partial charge in [0, 0.05) is 24.1 Å². The van der Waals surface area contributed by atoms with Crippen LogP contribution in [0.3, 0.4) is 0 Å². The van der Waals surface area contributed by atoms with Crippen LogP contribution in [-0.4, -0.2) is 45.9 Å². The molecule has 29 heavy (non-hydrogen) atoms. The highest BCUT2D eigenvalue weighted by Gasteiger charge is 2.43. The van der Waals surface area contributed by atoms with E-state index in [-0.39, 0.29) is 16.7 Å². The minimum Gasteiger partial charge on any atom is -0.488 e. The standard InChI is InChI=1S/C19H21F3N4O2S/c20-19(21,22)29-14-3-1-2-13(6-14)28-16-5-12-9-26(8-11(12)4-15(16)27)18-7-17(23)24-10-25-18/h1-3,6-7,10-12,15-16,27H,4-5,8-9H2,(H2,23,24,25)/t11-,12+,15+,16+/m0/s1. The summed E-state index contributed by atoms with van der Waals surface area (Å²) >= 11 is -0.179. The molecule has 3 N–H and O–H groups in total. The van der Waals surface area contributed by atoms with Crippen LogP contribution < -0.4 is 15.4 Å². The van der Waals surface area contributed by atoms with Gasteiger partial charge in [0.15, 0.2) is 0 Å². The number of benzene rings is 1. The molecule has 1 saturated carbocycles. The van der Waals surface area contributed by atoms with E-state index in [0.29, 0.717) is 36.2 Å². The first-order valence-corrected chi connectivity index (χ1v) is 10.1. The number of aliphatic hydroxyl groups excluding tert-OH is 1. The molecule has 6 nitrogen and oxygen atoms in total. The van der Waals surface area contributed by atoms with Crippen LogP contribution in [0.4, 0.5) is 24.8 Å². The molecule has 10 heteroatoms. The molecule has 2 fully saturated rings. The summed E-state index contributed by atoms with van der Waals surface area (Å²) in [6.07, 6.45) is 1.49. The van der Waals surface area contributed by atoms with E-state index in [0.717, 1.165) is 18.9 Å². The quantitative estimate of drug-likeness (QED) is 0.726. The molecule has 1 aliphatic heterocycles. The van der Waals surface area contributed by atoms with E-state index in [1.54, 1.807) is 12.1 Å². The van der Waals surface area contributed by atoms with Crippen molar-refractivity contribution in [1.82, 2.24) is 9.97 Å². The number of nitrogen functional groups attached to an aromatic ring is 1. The summed E-state index contributed by atoms with van der Waals surface area (Å²) in [4.78, 5) is 10.4. The second-order valence-electron chi connectivity index (χ2n) is 7.44. The summed E-state index contributed by atoms with van der Waals surface area (Å²) in [5, 5.41) is 10.6. The van der Waals surface area contributed by atoms with Gasteiger partial charge in [0.25, 0.3) is 0 Å². The number of aromatic nitrogens is 2. The van der Waals surface area contributed by atoms with Gasteiger partial charge >= 0.3 is 5.51 Å². The molecule has 0 unspecified atom stereocenters. The third-order valence-electron chi connectivity index (χ3n) is 5.41. The van der Waals surface area contributed by atoms with Crippen molar-refractivity contribution in [1.29, 1.82) is 0 Å². The van der Waals surface area contributed by atoms with Gasteiger partial charge in [0.05, 0.1) is 6.10 Å². The van der Waals surface area contributed by atoms with Crippen molar-refractivity contribution in [3.63, 3.8) is 0 Å². The first kappa shape index (κ1) is 20.1. The van der Waals surface area contributed by atoms with Crippen LogP contribution in [0.25, 0.3) is 0 Å². The summed E-state index contributed by atoms with van der Waals surface area (Å²) in [5.74, 6) is 2.10. The van der Waals surface area contributed by atoms with Crippen molar-refractivity contribution in [3.8, 4) is 5.75 Å². The summed E-state index contributed by atoms with van der Waals surface area (Å²) < 4.78 is 43.7. The molecule has 4 rings (SSSR count). The lowest BCUT2D eigenvalue weighted by Gasteiger charge is -2.35. The Kier molecular flexibility index (Phi) is 5.48. The van der Waals surface area contributed by atoms with Gasteiger partial charge < -0.3 is 20.5 Å². The van der Waals surface area contributed by atoms with Crippen LogP contribution in [0.5, 0.6) is 5.75 Å². The molecule has 0 radical (unpaired) electrons. The van der Waals surface area contributed by atoms with Crippen LogP contribution in [0.2, 0.25) is 0 Å². The van der Waals surface area contributed by atoms with Crippen LogP contribution in [-0.2, 0) is 0 Å². The van der Waals surface area contributed by atoms with E-state index in [4.69, 9.17) is 10.5 Å². The van der Waals surface area contributed by atoms with Gasteiger partial charge in [-0.2, -0.15) is 13.2 Å². The Labute approximate surface area is 170 Å². The van der Waals surface area contributed by atoms with E-state index in [1.807, 2.05) is 0 Å². The van der Waals surface area contributed by atoms with E-state index in [9.17, 15) is 18.3 Å². The molecular formula is C19H21F3N4O2S. The molecule has 2 aliphatic rings. The number of nitrogens with two attached hydrogens (primary N) is 1. The Balaban J connectivity index is 1.42. The molecular weight excluding hydrogens is 405 g/mol. The zero-order valence-electron chi connectivity index (χ0n) is 15.4. The molecule has 0 spiro atoms. The Morgan fingerprint density at radius 1 is 1.14 bits per heavy atom. The first-order valence-electron chi connectivity index (χ1n) is 9.30. The van der Waals surface area contributed by atoms with Gasteiger partial charge in [0.2, 0.25) is 0 Å². The number of rotatable bonds is 4. The molecule has 0 amide bonds. The van der Waals surface area contributed by atoms with Crippen molar-refractivity contribution in [3.05, 3.63) is 36.7 Å². The highest BCUT2D eigenvalue weighted by molar-refractivity contribution is 8.00. The third-order valence-corrected chi connectivity index (χ3v) is 6.13. The van der Waals surface area contributed by atoms with Gasteiger partial charge in [0.1, 0.15) is 29.8 Å². The second-order valence-corrected chi connectivity index (χ2v) is 8.58. The molecule has 1 aromatic carbocycles. The fourth-order valence-corrected chi connectivity index (χ4v) is 4.75. The predicted molar refractivity (Wildman–Crippen MR) is 104 cm³/mol. The van der Waals surface area contributed by atoms with E-state index in [2.05, 4.69) is 14.9 Å². The lowest BCUT2D eigenvalue weighted by Crippen LogP contribution is -2.42. The highest BCUT2D eigenvalue weighted by atomic mass is 32.2. The number of halogens is 3. The average molecular weight is 426 g/mol. The molecule has 1 aromatic heterocycles. The number of alkyl halides is 3. The van der Waals surface area contributed by atoms with Gasteiger partial charge in [-0.3, -0.25) is 0 Å². The minimum absolute atomic E-state index is 0.0616. The molecule has 2 aromatic rings. The maximum atomic E-state index is 12.6. The van der Waals surface area contributed by atoms with Crippen LogP contribution in [0.1, 0.15) is 12.8 Å². The van der Waals surface area contributed by atoms with E-state index < -0.39 is 17.7 Å². The molecule has 1 saturated heterocycles. The van der Waals surface area contributed by atoms with Crippen molar-refractivity contribution in [2.24, 2.45) is 11.8 Å². The second kappa shape index (κ2) is 7.91. The summed E-state index contributed by atoms with van der Waals surface area (Å²) in [6.45, 7) is 1.53. The third kappa shape index (κ3) is 4.87. The van der Waals surface area contributed by atoms with Crippen molar-refractivity contribution < 1.29 is 23.0 Å². The van der Waals surface area contributed by atoms with E-state index >= 15 is 0 Å². The van der Waals surface area contributed by atoms with Gasteiger partial charge in [-0.25, -0.2) is 9.97 Å². The number of nitrogens with zero attached hydrogens (tertiary/aromatic N) is 3. The molecule has 2 heterocycles. The molecule has 156 valence electrons. The number of ether oxygens (including phenoxy) is 1. The highest BCUT2D eigenvalue weighted by Crippen LogP contribution is 2.41. The lowest BCUT2D eigenvalue weighted by atomic mass is 9.78. The zero-order chi connectivity index (χ0) is 20.6. The monoisotopic (exact) mass is 426 g/mol.